The zero-order valence-electron chi connectivity index (χ0n) is 34.0. The van der Waals surface area contributed by atoms with Crippen LogP contribution in [0.25, 0.3) is 0 Å². The smallest absolute Gasteiger partial charge is 0.304 e. The summed E-state index contributed by atoms with van der Waals surface area (Å²) in [6, 6.07) is 0. The Balaban J connectivity index is 0. The fourth-order valence-corrected chi connectivity index (χ4v) is 7.70. The van der Waals surface area contributed by atoms with E-state index in [1.165, 1.54) is 135 Å². The van der Waals surface area contributed by atoms with Crippen molar-refractivity contribution in [3.8, 4) is 0 Å². The van der Waals surface area contributed by atoms with Gasteiger partial charge in [0.2, 0.25) is 0 Å². The van der Waals surface area contributed by atoms with Crippen LogP contribution in [0.2, 0.25) is 0 Å². The Morgan fingerprint density at radius 3 is 0.574 bits per heavy atom. The number of carboxylic acids is 2. The largest absolute Gasteiger partial charge is 0.481 e. The third-order valence-electron chi connectivity index (χ3n) is 11.4. The molecule has 0 aromatic rings. The van der Waals surface area contributed by atoms with Crippen LogP contribution in [-0.2, 0) is 9.59 Å². The van der Waals surface area contributed by atoms with Gasteiger partial charge < -0.3 is 40.9 Å². The number of aliphatic hydroxyl groups is 6. The Morgan fingerprint density at radius 2 is 0.481 bits per heavy atom. The first-order valence-corrected chi connectivity index (χ1v) is 22.6. The summed E-state index contributed by atoms with van der Waals surface area (Å²) in [6.07, 6.45) is 33.0. The molecule has 3 fully saturated rings. The van der Waals surface area contributed by atoms with Crippen LogP contribution in [0.3, 0.4) is 0 Å². The molecule has 12 heteroatoms. The van der Waals surface area contributed by atoms with Crippen molar-refractivity contribution in [3.05, 3.63) is 0 Å². The standard InChI is InChI=1S/3C12H24O2.2C3H6O2S/c3*13-10-12(11-14)8-6-4-2-1-3-5-7-9-12;2*4-3(5)1-2-6/h3*13-14H,1-11H2;2*6H,1-2H2,(H,4,5). The molecule has 0 saturated heterocycles. The third-order valence-corrected chi connectivity index (χ3v) is 11.9. The molecule has 54 heavy (non-hydrogen) atoms. The first kappa shape index (κ1) is 55.5. The van der Waals surface area contributed by atoms with Crippen molar-refractivity contribution < 1.29 is 50.4 Å². The van der Waals surface area contributed by atoms with Crippen LogP contribution in [0.4, 0.5) is 0 Å². The lowest BCUT2D eigenvalue weighted by molar-refractivity contribution is -0.137. The molecule has 3 aliphatic carbocycles. The number of thiol groups is 2. The minimum absolute atomic E-state index is 0.156. The van der Waals surface area contributed by atoms with Crippen molar-refractivity contribution >= 4 is 37.2 Å². The van der Waals surface area contributed by atoms with E-state index in [-0.39, 0.29) is 68.7 Å². The topological polar surface area (TPSA) is 196 Å². The number of hydrogen-bond acceptors (Lipinski definition) is 10. The third kappa shape index (κ3) is 30.5. The van der Waals surface area contributed by atoms with Crippen molar-refractivity contribution in [2.75, 3.05) is 51.1 Å². The average Bonchev–Trinajstić information content (AvgIpc) is 3.18. The molecule has 0 bridgehead atoms. The van der Waals surface area contributed by atoms with Gasteiger partial charge in [-0.05, 0) is 38.5 Å². The minimum Gasteiger partial charge on any atom is -0.481 e. The first-order chi connectivity index (χ1) is 26.0. The summed E-state index contributed by atoms with van der Waals surface area (Å²) in [6.45, 7) is 0.938. The van der Waals surface area contributed by atoms with Crippen LogP contribution in [0.1, 0.15) is 186 Å². The van der Waals surface area contributed by atoms with Gasteiger partial charge in [-0.2, -0.15) is 25.3 Å². The Hall–Kier alpha value is -0.600. The fraction of sp³-hybridized carbons (Fsp3) is 0.952. The van der Waals surface area contributed by atoms with E-state index in [1.54, 1.807) is 0 Å². The molecule has 0 radical (unpaired) electrons. The molecule has 0 spiro atoms. The highest BCUT2D eigenvalue weighted by Gasteiger charge is 2.29. The predicted molar refractivity (Wildman–Crippen MR) is 227 cm³/mol. The Kier molecular flexibility index (Phi) is 39.0. The second kappa shape index (κ2) is 37.9. The Bertz CT molecular complexity index is 703. The van der Waals surface area contributed by atoms with Gasteiger partial charge in [0.25, 0.3) is 0 Å². The molecular formula is C42H84O10S2. The van der Waals surface area contributed by atoms with Crippen LogP contribution in [0.5, 0.6) is 0 Å². The molecule has 8 N–H and O–H groups in total. The fourth-order valence-electron chi connectivity index (χ4n) is 7.32. The number of hydrogen-bond donors (Lipinski definition) is 10. The molecule has 0 aliphatic heterocycles. The summed E-state index contributed by atoms with van der Waals surface area (Å²) in [5.74, 6) is -0.722. The number of aliphatic hydroxyl groups excluding tert-OH is 6. The maximum Gasteiger partial charge on any atom is 0.304 e. The van der Waals surface area contributed by atoms with E-state index in [2.05, 4.69) is 25.3 Å². The normalized spacial score (nSPS) is 20.8. The molecule has 324 valence electrons. The zero-order chi connectivity index (χ0) is 40.8. The Labute approximate surface area is 340 Å². The number of rotatable bonds is 10. The number of aliphatic carboxylic acids is 2. The molecule has 0 heterocycles. The van der Waals surface area contributed by atoms with Crippen LogP contribution >= 0.6 is 25.3 Å². The quantitative estimate of drug-likeness (QED) is 0.0960. The van der Waals surface area contributed by atoms with Gasteiger partial charge >= 0.3 is 11.9 Å². The zero-order valence-corrected chi connectivity index (χ0v) is 35.7. The van der Waals surface area contributed by atoms with Crippen LogP contribution in [0.15, 0.2) is 0 Å². The highest BCUT2D eigenvalue weighted by atomic mass is 32.1. The lowest BCUT2D eigenvalue weighted by atomic mass is 9.78. The highest BCUT2D eigenvalue weighted by Crippen LogP contribution is 2.34. The molecule has 3 saturated carbocycles. The van der Waals surface area contributed by atoms with E-state index in [1.807, 2.05) is 0 Å². The molecule has 0 aromatic carbocycles. The molecular weight excluding hydrogens is 729 g/mol. The molecule has 10 nitrogen and oxygen atoms in total. The molecule has 0 atom stereocenters. The van der Waals surface area contributed by atoms with Gasteiger partial charge in [0.05, 0.1) is 52.5 Å². The van der Waals surface area contributed by atoms with Crippen molar-refractivity contribution in [1.29, 1.82) is 0 Å². The minimum atomic E-state index is -0.787. The van der Waals surface area contributed by atoms with Gasteiger partial charge in [-0.1, -0.05) is 135 Å². The summed E-state index contributed by atoms with van der Waals surface area (Å²) >= 11 is 7.36. The Morgan fingerprint density at radius 1 is 0.333 bits per heavy atom. The summed E-state index contributed by atoms with van der Waals surface area (Å²) in [7, 11) is 0. The van der Waals surface area contributed by atoms with Crippen molar-refractivity contribution in [3.63, 3.8) is 0 Å². The van der Waals surface area contributed by atoms with Crippen LogP contribution in [0, 0.1) is 16.2 Å². The maximum atomic E-state index is 9.55. The number of carboxylic acid groups (broad SMARTS) is 2. The molecule has 0 amide bonds. The molecule has 0 unspecified atom stereocenters. The monoisotopic (exact) mass is 813 g/mol. The number of carbonyl (C=O) groups is 2. The summed E-state index contributed by atoms with van der Waals surface area (Å²) in [4.78, 5) is 19.1. The van der Waals surface area contributed by atoms with Crippen molar-refractivity contribution in [1.82, 2.24) is 0 Å². The van der Waals surface area contributed by atoms with Crippen molar-refractivity contribution in [2.45, 2.75) is 186 Å². The first-order valence-electron chi connectivity index (χ1n) is 21.3. The van der Waals surface area contributed by atoms with Crippen LogP contribution in [-0.4, -0.2) is 104 Å². The van der Waals surface area contributed by atoms with E-state index < -0.39 is 11.9 Å². The van der Waals surface area contributed by atoms with E-state index in [0.29, 0.717) is 11.5 Å². The van der Waals surface area contributed by atoms with Crippen molar-refractivity contribution in [2.24, 2.45) is 16.2 Å². The second-order valence-corrected chi connectivity index (χ2v) is 17.0. The van der Waals surface area contributed by atoms with E-state index in [9.17, 15) is 40.2 Å². The van der Waals surface area contributed by atoms with Gasteiger partial charge in [0.15, 0.2) is 0 Å². The van der Waals surface area contributed by atoms with Gasteiger partial charge in [-0.15, -0.1) is 0 Å². The molecule has 3 rings (SSSR count). The van der Waals surface area contributed by atoms with Gasteiger partial charge in [-0.25, -0.2) is 0 Å². The lowest BCUT2D eigenvalue weighted by Crippen LogP contribution is -2.30. The van der Waals surface area contributed by atoms with Crippen LogP contribution < -0.4 is 0 Å². The van der Waals surface area contributed by atoms with Gasteiger partial charge in [-0.3, -0.25) is 9.59 Å². The second-order valence-electron chi connectivity index (χ2n) is 16.1. The van der Waals surface area contributed by atoms with Gasteiger partial charge in [0.1, 0.15) is 0 Å². The summed E-state index contributed by atoms with van der Waals surface area (Å²) < 4.78 is 0. The molecule has 3 aliphatic rings. The SMILES string of the molecule is O=C(O)CCS.O=C(O)CCS.OCC1(CO)CCCCCCCCC1.OCC1(CO)CCCCCCCCC1.OCC1(CO)CCCCCCCCC1. The van der Waals surface area contributed by atoms with E-state index in [0.717, 1.165) is 38.5 Å². The maximum absolute atomic E-state index is 9.55. The lowest BCUT2D eigenvalue weighted by Gasteiger charge is -2.30. The molecule has 0 aromatic heterocycles. The average molecular weight is 813 g/mol. The highest BCUT2D eigenvalue weighted by molar-refractivity contribution is 7.80. The predicted octanol–water partition coefficient (Wildman–Crippen LogP) is 8.23. The van der Waals surface area contributed by atoms with Gasteiger partial charge in [0, 0.05) is 27.8 Å². The van der Waals surface area contributed by atoms with E-state index >= 15 is 0 Å². The summed E-state index contributed by atoms with van der Waals surface area (Å²) in [5.41, 5.74) is -0.508. The summed E-state index contributed by atoms with van der Waals surface area (Å²) in [5, 5.41) is 71.9. The van der Waals surface area contributed by atoms with E-state index in [4.69, 9.17) is 10.2 Å².